The number of hydrogen-bond acceptors (Lipinski definition) is 4. The molecule has 0 aliphatic heterocycles. The van der Waals surface area contributed by atoms with Crippen LogP contribution in [0.1, 0.15) is 43.5 Å². The van der Waals surface area contributed by atoms with Crippen LogP contribution in [0.5, 0.6) is 0 Å². The second-order valence-electron chi connectivity index (χ2n) is 6.73. The van der Waals surface area contributed by atoms with E-state index in [0.717, 1.165) is 53.8 Å². The van der Waals surface area contributed by atoms with Crippen molar-refractivity contribution >= 4 is 52.9 Å². The molecule has 8 heteroatoms. The maximum absolute atomic E-state index is 12.1. The van der Waals surface area contributed by atoms with Gasteiger partial charge in [-0.3, -0.25) is 4.79 Å². The third-order valence-electron chi connectivity index (χ3n) is 4.36. The molecule has 0 bridgehead atoms. The molecule has 1 aromatic carbocycles. The Morgan fingerprint density at radius 1 is 1.28 bits per heavy atom. The van der Waals surface area contributed by atoms with Gasteiger partial charge in [0.2, 0.25) is 5.91 Å². The van der Waals surface area contributed by atoms with E-state index in [4.69, 9.17) is 0 Å². The lowest BCUT2D eigenvalue weighted by Gasteiger charge is -2.12. The summed E-state index contributed by atoms with van der Waals surface area (Å²) in [5, 5.41) is 12.8. The van der Waals surface area contributed by atoms with Gasteiger partial charge in [0.1, 0.15) is 0 Å². The fraction of sp³-hybridized carbons (Fsp3) is 0.476. The minimum Gasteiger partial charge on any atom is -0.357 e. The van der Waals surface area contributed by atoms with Gasteiger partial charge in [0.05, 0.1) is 17.2 Å². The van der Waals surface area contributed by atoms with Crippen LogP contribution in [0, 0.1) is 12.8 Å². The number of aromatic nitrogens is 1. The summed E-state index contributed by atoms with van der Waals surface area (Å²) in [6.07, 6.45) is 1.69. The van der Waals surface area contributed by atoms with Crippen LogP contribution in [0.3, 0.4) is 0 Å². The smallest absolute Gasteiger partial charge is 0.227 e. The molecule has 3 N–H and O–H groups in total. The Balaban J connectivity index is 0.00000420. The summed E-state index contributed by atoms with van der Waals surface area (Å²) < 4.78 is 0. The van der Waals surface area contributed by atoms with Gasteiger partial charge in [0.25, 0.3) is 0 Å². The number of guanidine groups is 1. The van der Waals surface area contributed by atoms with Crippen molar-refractivity contribution in [2.75, 3.05) is 18.4 Å². The fourth-order valence-corrected chi connectivity index (χ4v) is 3.19. The molecule has 0 fully saturated rings. The molecule has 0 saturated heterocycles. The van der Waals surface area contributed by atoms with Gasteiger partial charge < -0.3 is 16.0 Å². The number of thiazole rings is 1. The van der Waals surface area contributed by atoms with Gasteiger partial charge in [0.15, 0.2) is 5.96 Å². The van der Waals surface area contributed by atoms with Gasteiger partial charge in [-0.25, -0.2) is 9.98 Å². The first-order valence-electron chi connectivity index (χ1n) is 9.84. The first-order chi connectivity index (χ1) is 13.5. The lowest BCUT2D eigenvalue weighted by atomic mass is 10.1. The number of amides is 1. The minimum absolute atomic E-state index is 0. The third-order valence-corrected chi connectivity index (χ3v) is 5.18. The number of nitrogens with zero attached hydrogens (tertiary/aromatic N) is 2. The molecule has 1 amide bonds. The fourth-order valence-electron chi connectivity index (χ4n) is 2.54. The molecular weight excluding hydrogens is 497 g/mol. The number of carbonyl (C=O) groups excluding carboxylic acids is 1. The molecule has 1 heterocycles. The molecule has 160 valence electrons. The van der Waals surface area contributed by atoms with E-state index in [1.807, 2.05) is 52.0 Å². The molecule has 0 radical (unpaired) electrons. The van der Waals surface area contributed by atoms with Crippen molar-refractivity contribution in [2.45, 2.75) is 47.1 Å². The Morgan fingerprint density at radius 3 is 2.72 bits per heavy atom. The molecule has 6 nitrogen and oxygen atoms in total. The topological polar surface area (TPSA) is 78.4 Å². The van der Waals surface area contributed by atoms with Crippen molar-refractivity contribution in [1.29, 1.82) is 0 Å². The van der Waals surface area contributed by atoms with Crippen LogP contribution < -0.4 is 16.0 Å². The first-order valence-corrected chi connectivity index (χ1v) is 10.7. The van der Waals surface area contributed by atoms with Gasteiger partial charge in [0, 0.05) is 36.5 Å². The number of aryl methyl sites for hydroxylation is 1. The van der Waals surface area contributed by atoms with E-state index in [0.29, 0.717) is 6.54 Å². The van der Waals surface area contributed by atoms with Gasteiger partial charge >= 0.3 is 0 Å². The Hall–Kier alpha value is -1.68. The molecule has 0 aliphatic carbocycles. The Morgan fingerprint density at radius 2 is 2.07 bits per heavy atom. The number of anilines is 1. The highest BCUT2D eigenvalue weighted by Crippen LogP contribution is 2.14. The highest BCUT2D eigenvalue weighted by atomic mass is 127. The predicted octanol–water partition coefficient (Wildman–Crippen LogP) is 4.35. The van der Waals surface area contributed by atoms with Crippen molar-refractivity contribution in [3.63, 3.8) is 0 Å². The van der Waals surface area contributed by atoms with E-state index >= 15 is 0 Å². The highest BCUT2D eigenvalue weighted by Gasteiger charge is 2.10. The maximum atomic E-state index is 12.1. The van der Waals surface area contributed by atoms with Gasteiger partial charge in [-0.1, -0.05) is 26.0 Å². The standard InChI is InChI=1S/C21H31N5OS.HI/c1-5-15(3)20(27)26-18-9-7-8-17(12-18)13-24-21(22-6-2)23-11-10-19-14-28-16(4)25-19;/h7-9,12,14-15H,5-6,10-11,13H2,1-4H3,(H,26,27)(H2,22,23,24);1H. The van der Waals surface area contributed by atoms with Crippen LogP contribution in [0.4, 0.5) is 5.69 Å². The monoisotopic (exact) mass is 529 g/mol. The number of nitrogens with one attached hydrogen (secondary N) is 3. The minimum atomic E-state index is 0. The molecule has 1 aromatic heterocycles. The Labute approximate surface area is 195 Å². The predicted molar refractivity (Wildman–Crippen MR) is 133 cm³/mol. The van der Waals surface area contributed by atoms with Gasteiger partial charge in [-0.05, 0) is 38.0 Å². The van der Waals surface area contributed by atoms with Crippen LogP contribution in [0.2, 0.25) is 0 Å². The summed E-state index contributed by atoms with van der Waals surface area (Å²) in [7, 11) is 0. The van der Waals surface area contributed by atoms with Gasteiger partial charge in [-0.15, -0.1) is 35.3 Å². The molecule has 0 aliphatic rings. The lowest BCUT2D eigenvalue weighted by molar-refractivity contribution is -0.119. The zero-order valence-electron chi connectivity index (χ0n) is 17.6. The van der Waals surface area contributed by atoms with Crippen LogP contribution in [0.25, 0.3) is 0 Å². The normalized spacial score (nSPS) is 12.1. The van der Waals surface area contributed by atoms with Crippen LogP contribution in [0.15, 0.2) is 34.6 Å². The average molecular weight is 529 g/mol. The van der Waals surface area contributed by atoms with Crippen LogP contribution >= 0.6 is 35.3 Å². The highest BCUT2D eigenvalue weighted by molar-refractivity contribution is 14.0. The van der Waals surface area contributed by atoms with Crippen LogP contribution in [-0.2, 0) is 17.8 Å². The van der Waals surface area contributed by atoms with Crippen LogP contribution in [-0.4, -0.2) is 29.9 Å². The number of aliphatic imine (C=N–C) groups is 1. The van der Waals surface area contributed by atoms with Crippen molar-refractivity contribution in [2.24, 2.45) is 10.9 Å². The number of benzene rings is 1. The SMILES string of the molecule is CCNC(=NCc1cccc(NC(=O)C(C)CC)c1)NCCc1csc(C)n1.I. The molecule has 2 rings (SSSR count). The molecule has 2 aromatic rings. The Bertz CT molecular complexity index is 793. The first kappa shape index (κ1) is 25.4. The quantitative estimate of drug-likeness (QED) is 0.257. The maximum Gasteiger partial charge on any atom is 0.227 e. The van der Waals surface area contributed by atoms with E-state index in [-0.39, 0.29) is 35.8 Å². The number of halogens is 1. The van der Waals surface area contributed by atoms with Gasteiger partial charge in [-0.2, -0.15) is 0 Å². The molecule has 0 spiro atoms. The number of hydrogen-bond donors (Lipinski definition) is 3. The molecule has 29 heavy (non-hydrogen) atoms. The van der Waals surface area contributed by atoms with E-state index in [1.165, 1.54) is 0 Å². The average Bonchev–Trinajstić information content (AvgIpc) is 3.10. The lowest BCUT2D eigenvalue weighted by Crippen LogP contribution is -2.38. The van der Waals surface area contributed by atoms with Crippen molar-refractivity contribution in [3.8, 4) is 0 Å². The molecule has 0 saturated carbocycles. The van der Waals surface area contributed by atoms with E-state index < -0.39 is 0 Å². The second kappa shape index (κ2) is 13.5. The molecule has 1 unspecified atom stereocenters. The third kappa shape index (κ3) is 9.12. The van der Waals surface area contributed by atoms with Crippen molar-refractivity contribution < 1.29 is 4.79 Å². The summed E-state index contributed by atoms with van der Waals surface area (Å²) in [6, 6.07) is 7.85. The summed E-state index contributed by atoms with van der Waals surface area (Å²) >= 11 is 1.67. The second-order valence-corrected chi connectivity index (χ2v) is 7.79. The summed E-state index contributed by atoms with van der Waals surface area (Å²) in [6.45, 7) is 10.1. The van der Waals surface area contributed by atoms with Crippen molar-refractivity contribution in [3.05, 3.63) is 45.9 Å². The summed E-state index contributed by atoms with van der Waals surface area (Å²) in [5.41, 5.74) is 2.97. The zero-order valence-corrected chi connectivity index (χ0v) is 20.8. The number of carbonyl (C=O) groups is 1. The zero-order chi connectivity index (χ0) is 20.4. The summed E-state index contributed by atoms with van der Waals surface area (Å²) in [4.78, 5) is 21.2. The van der Waals surface area contributed by atoms with E-state index in [1.54, 1.807) is 11.3 Å². The van der Waals surface area contributed by atoms with Crippen molar-refractivity contribution in [1.82, 2.24) is 15.6 Å². The Kier molecular flexibility index (Phi) is 11.8. The molecular formula is C21H32IN5OS. The molecule has 1 atom stereocenters. The number of rotatable bonds is 9. The van der Waals surface area contributed by atoms with E-state index in [9.17, 15) is 4.79 Å². The largest absolute Gasteiger partial charge is 0.357 e. The van der Waals surface area contributed by atoms with E-state index in [2.05, 4.69) is 31.3 Å². The summed E-state index contributed by atoms with van der Waals surface area (Å²) in [5.74, 6) is 0.840.